The second kappa shape index (κ2) is 5.54. The Balaban J connectivity index is 2.31. The number of nitrogens with zero attached hydrogens (tertiary/aromatic N) is 3. The van der Waals surface area contributed by atoms with Crippen molar-refractivity contribution in [2.75, 3.05) is 6.54 Å². The lowest BCUT2D eigenvalue weighted by molar-refractivity contribution is 0.0552. The molecule has 2 heterocycles. The molecule has 2 rings (SSSR count). The predicted octanol–water partition coefficient (Wildman–Crippen LogP) is -1.34. The molecule has 0 saturated carbocycles. The maximum atomic E-state index is 12.3. The monoisotopic (exact) mass is 318 g/mol. The summed E-state index contributed by atoms with van der Waals surface area (Å²) in [5, 5.41) is 3.96. The van der Waals surface area contributed by atoms with Crippen LogP contribution in [0.1, 0.15) is 20.8 Å². The van der Waals surface area contributed by atoms with E-state index in [1.807, 2.05) is 6.92 Å². The molecule has 0 amide bonds. The molecule has 21 heavy (non-hydrogen) atoms. The highest BCUT2D eigenvalue weighted by Crippen LogP contribution is 2.26. The number of rotatable bonds is 4. The number of nitrogens with one attached hydrogen (secondary N) is 1. The van der Waals surface area contributed by atoms with Crippen molar-refractivity contribution in [2.45, 2.75) is 44.9 Å². The van der Waals surface area contributed by atoms with Crippen LogP contribution in [0.5, 0.6) is 0 Å². The Morgan fingerprint density at radius 2 is 2.14 bits per heavy atom. The van der Waals surface area contributed by atoms with Crippen molar-refractivity contribution < 1.29 is 12.6 Å². The van der Waals surface area contributed by atoms with Gasteiger partial charge in [0.25, 0.3) is 0 Å². The van der Waals surface area contributed by atoms with Gasteiger partial charge in [-0.1, -0.05) is 0 Å². The van der Waals surface area contributed by atoms with Crippen LogP contribution in [0.4, 0.5) is 0 Å². The fourth-order valence-corrected chi connectivity index (χ4v) is 3.61. The average Bonchev–Trinajstić information content (AvgIpc) is 2.74. The van der Waals surface area contributed by atoms with Crippen LogP contribution >= 0.6 is 0 Å². The maximum Gasteiger partial charge on any atom is 0.343 e. The van der Waals surface area contributed by atoms with Crippen molar-refractivity contribution in [1.29, 1.82) is 0 Å². The summed E-state index contributed by atoms with van der Waals surface area (Å²) in [5.41, 5.74) is 14.3. The van der Waals surface area contributed by atoms with Crippen LogP contribution in [0.25, 0.3) is 0 Å². The van der Waals surface area contributed by atoms with Gasteiger partial charge in [-0.15, -0.1) is 4.31 Å². The minimum atomic E-state index is -4.04. The third kappa shape index (κ3) is 3.04. The molecule has 3 unspecified atom stereocenters. The molecular formula is C11H22N6O3S. The lowest BCUT2D eigenvalue weighted by Gasteiger charge is -2.46. The first kappa shape index (κ1) is 16.2. The Hall–Kier alpha value is -1.20. The molecule has 0 aromatic carbocycles. The van der Waals surface area contributed by atoms with E-state index < -0.39 is 34.4 Å². The molecule has 5 N–H and O–H groups in total. The first-order chi connectivity index (χ1) is 9.67. The summed E-state index contributed by atoms with van der Waals surface area (Å²) in [5.74, 6) is 0. The van der Waals surface area contributed by atoms with Crippen LogP contribution in [0.3, 0.4) is 0 Å². The van der Waals surface area contributed by atoms with Crippen LogP contribution in [0.15, 0.2) is 17.4 Å². The molecule has 3 atom stereocenters. The number of hydrogen-bond donors (Lipinski definition) is 3. The fraction of sp³-hybridized carbons (Fsp3) is 0.727. The van der Waals surface area contributed by atoms with Gasteiger partial charge in [-0.3, -0.25) is 9.92 Å². The second-order valence-electron chi connectivity index (χ2n) is 5.54. The van der Waals surface area contributed by atoms with E-state index in [2.05, 4.69) is 10.5 Å². The molecule has 0 radical (unpaired) electrons. The summed E-state index contributed by atoms with van der Waals surface area (Å²) >= 11 is 0. The van der Waals surface area contributed by atoms with Gasteiger partial charge in [0, 0.05) is 6.20 Å². The van der Waals surface area contributed by atoms with Crippen LogP contribution < -0.4 is 16.9 Å². The van der Waals surface area contributed by atoms with E-state index in [-0.39, 0.29) is 0 Å². The van der Waals surface area contributed by atoms with Gasteiger partial charge >= 0.3 is 10.3 Å². The standard InChI is InChI=1S/C11H22N6O3S/c1-8(2)20-21(18,19)17-9(12)4-5-16(10(17)13)11(3)6-14-15-7-11/h4-6,8-10,15H,7,12-13H2,1-3H3. The van der Waals surface area contributed by atoms with Crippen LogP contribution in [0, 0.1) is 0 Å². The third-order valence-electron chi connectivity index (χ3n) is 3.32. The summed E-state index contributed by atoms with van der Waals surface area (Å²) in [4.78, 5) is 1.68. The van der Waals surface area contributed by atoms with Crippen LogP contribution in [-0.2, 0) is 14.5 Å². The number of hydrogen-bond acceptors (Lipinski definition) is 8. The highest BCUT2D eigenvalue weighted by Gasteiger charge is 2.44. The van der Waals surface area contributed by atoms with Gasteiger partial charge in [-0.2, -0.15) is 13.5 Å². The first-order valence-corrected chi connectivity index (χ1v) is 8.01. The lowest BCUT2D eigenvalue weighted by atomic mass is 10.0. The van der Waals surface area contributed by atoms with E-state index >= 15 is 0 Å². The molecule has 120 valence electrons. The smallest absolute Gasteiger partial charge is 0.337 e. The molecule has 0 fully saturated rings. The van der Waals surface area contributed by atoms with Crippen molar-refractivity contribution >= 4 is 16.5 Å². The van der Waals surface area contributed by atoms with E-state index in [1.165, 1.54) is 0 Å². The van der Waals surface area contributed by atoms with E-state index in [0.29, 0.717) is 6.54 Å². The largest absolute Gasteiger partial charge is 0.343 e. The molecule has 9 nitrogen and oxygen atoms in total. The molecule has 0 aromatic heterocycles. The van der Waals surface area contributed by atoms with E-state index in [1.54, 1.807) is 37.2 Å². The van der Waals surface area contributed by atoms with Crippen LogP contribution in [-0.4, -0.2) is 54.5 Å². The molecule has 0 saturated heterocycles. The third-order valence-corrected chi connectivity index (χ3v) is 4.92. The number of nitrogens with two attached hydrogens (primary N) is 2. The zero-order valence-electron chi connectivity index (χ0n) is 12.3. The van der Waals surface area contributed by atoms with Gasteiger partial charge < -0.3 is 16.1 Å². The SMILES string of the molecule is CC(C)OS(=O)(=O)N1C(N)C=CN(C2(C)C=NNC2)C1N. The molecule has 2 aliphatic heterocycles. The Morgan fingerprint density at radius 1 is 1.48 bits per heavy atom. The zero-order chi connectivity index (χ0) is 15.8. The maximum absolute atomic E-state index is 12.3. The topological polar surface area (TPSA) is 126 Å². The fourth-order valence-electron chi connectivity index (χ4n) is 2.29. The quantitative estimate of drug-likeness (QED) is 0.585. The summed E-state index contributed by atoms with van der Waals surface area (Å²) in [7, 11) is -4.04. The normalized spacial score (nSPS) is 33.7. The molecule has 10 heteroatoms. The van der Waals surface area contributed by atoms with Crippen molar-refractivity contribution in [3.63, 3.8) is 0 Å². The van der Waals surface area contributed by atoms with Gasteiger partial charge in [0.05, 0.1) is 30.6 Å². The van der Waals surface area contributed by atoms with E-state index in [4.69, 9.17) is 15.7 Å². The second-order valence-corrected chi connectivity index (χ2v) is 7.01. The van der Waals surface area contributed by atoms with Gasteiger partial charge in [-0.05, 0) is 26.8 Å². The molecule has 0 aliphatic carbocycles. The first-order valence-electron chi connectivity index (χ1n) is 6.64. The lowest BCUT2D eigenvalue weighted by Crippen LogP contribution is -2.68. The minimum absolute atomic E-state index is 0.501. The van der Waals surface area contributed by atoms with Gasteiger partial charge in [0.1, 0.15) is 0 Å². The van der Waals surface area contributed by atoms with Crippen molar-refractivity contribution in [3.8, 4) is 0 Å². The molecule has 0 aromatic rings. The minimum Gasteiger partial charge on any atom is -0.337 e. The van der Waals surface area contributed by atoms with Gasteiger partial charge in [-0.25, -0.2) is 0 Å². The number of hydrazone groups is 1. The molecule has 0 spiro atoms. The van der Waals surface area contributed by atoms with Crippen molar-refractivity contribution in [2.24, 2.45) is 16.6 Å². The Labute approximate surface area is 124 Å². The summed E-state index contributed by atoms with van der Waals surface area (Å²) in [6, 6.07) is 0. The summed E-state index contributed by atoms with van der Waals surface area (Å²) in [6.07, 6.45) is 2.57. The summed E-state index contributed by atoms with van der Waals surface area (Å²) < 4.78 is 30.6. The predicted molar refractivity (Wildman–Crippen MR) is 78.8 cm³/mol. The highest BCUT2D eigenvalue weighted by atomic mass is 32.2. The van der Waals surface area contributed by atoms with Crippen LogP contribution in [0.2, 0.25) is 0 Å². The van der Waals surface area contributed by atoms with Crippen molar-refractivity contribution in [3.05, 3.63) is 12.3 Å². The van der Waals surface area contributed by atoms with Gasteiger partial charge in [0.2, 0.25) is 0 Å². The average molecular weight is 318 g/mol. The van der Waals surface area contributed by atoms with E-state index in [0.717, 1.165) is 4.31 Å². The molecule has 0 bridgehead atoms. The highest BCUT2D eigenvalue weighted by molar-refractivity contribution is 7.84. The zero-order valence-corrected chi connectivity index (χ0v) is 13.1. The molecule has 2 aliphatic rings. The molecular weight excluding hydrogens is 296 g/mol. The Bertz CT molecular complexity index is 548. The van der Waals surface area contributed by atoms with E-state index in [9.17, 15) is 8.42 Å². The van der Waals surface area contributed by atoms with Crippen molar-refractivity contribution in [1.82, 2.24) is 14.6 Å². The Morgan fingerprint density at radius 3 is 2.67 bits per heavy atom. The summed E-state index contributed by atoms with van der Waals surface area (Å²) in [6.45, 7) is 5.66. The Kier molecular flexibility index (Phi) is 4.26. The van der Waals surface area contributed by atoms with Gasteiger partial charge in [0.15, 0.2) is 6.29 Å².